The Bertz CT molecular complexity index is 1270. The molecule has 2 aliphatic rings. The van der Waals surface area contributed by atoms with E-state index in [1.165, 1.54) is 0 Å². The highest BCUT2D eigenvalue weighted by atomic mass is 16.1. The molecular weight excluding hydrogens is 474 g/mol. The highest BCUT2D eigenvalue weighted by Gasteiger charge is 2.43. The Morgan fingerprint density at radius 1 is 1.16 bits per heavy atom. The van der Waals surface area contributed by atoms with Crippen molar-refractivity contribution >= 4 is 17.4 Å². The summed E-state index contributed by atoms with van der Waals surface area (Å²) in [5, 5.41) is 21.9. The van der Waals surface area contributed by atoms with Crippen molar-refractivity contribution in [3.05, 3.63) is 88.6 Å². The molecule has 8 heteroatoms. The van der Waals surface area contributed by atoms with E-state index < -0.39 is 11.3 Å². The second-order valence-electron chi connectivity index (χ2n) is 10.5. The number of amides is 1. The summed E-state index contributed by atoms with van der Waals surface area (Å²) >= 11 is 0. The highest BCUT2D eigenvalue weighted by molar-refractivity contribution is 5.96. The number of fused-ring (bicyclic) bond motifs is 2. The van der Waals surface area contributed by atoms with Crippen LogP contribution in [0.3, 0.4) is 0 Å². The predicted molar refractivity (Wildman–Crippen MR) is 151 cm³/mol. The molecule has 4 rings (SSSR count). The zero-order chi connectivity index (χ0) is 27.6. The largest absolute Gasteiger partial charge is 0.399 e. The fourth-order valence-corrected chi connectivity index (χ4v) is 6.03. The number of aryl methyl sites for hydroxylation is 2. The summed E-state index contributed by atoms with van der Waals surface area (Å²) in [6.45, 7) is 11.6. The molecule has 198 valence electrons. The molecule has 2 unspecified atom stereocenters. The summed E-state index contributed by atoms with van der Waals surface area (Å²) in [6, 6.07) is 13.6. The lowest BCUT2D eigenvalue weighted by Crippen LogP contribution is -2.48. The van der Waals surface area contributed by atoms with Crippen molar-refractivity contribution in [1.82, 2.24) is 10.2 Å². The Morgan fingerprint density at radius 2 is 1.76 bits per heavy atom. The van der Waals surface area contributed by atoms with Crippen LogP contribution in [0.1, 0.15) is 64.4 Å². The molecule has 0 saturated carbocycles. The van der Waals surface area contributed by atoms with Gasteiger partial charge in [-0.1, -0.05) is 31.4 Å². The molecule has 38 heavy (non-hydrogen) atoms. The van der Waals surface area contributed by atoms with Crippen LogP contribution in [0.2, 0.25) is 0 Å². The van der Waals surface area contributed by atoms with Gasteiger partial charge in [0.1, 0.15) is 11.9 Å². The first-order valence-corrected chi connectivity index (χ1v) is 13.0. The molecule has 0 aromatic heterocycles. The van der Waals surface area contributed by atoms with Crippen LogP contribution in [0.15, 0.2) is 55.3 Å². The number of amidine groups is 1. The smallest absolute Gasteiger partial charge is 0.248 e. The van der Waals surface area contributed by atoms with Gasteiger partial charge in [0.05, 0.1) is 11.5 Å². The standard InChI is InChI=1S/C30H37N7O/c1-18(36-17-19(2)37-12-4-5-25(37)16-31)15-30(29(34)35)26-10-8-21(20(3)32)13-22(26)6-7-23-14-24(28(33)38)9-11-27(23)30/h8-11,13-14,18,25,36H,2-7,12,15,17,32H2,1H3,(H2,33,38)(H3,34,35)/t18-,25?,30?/m0/s1. The molecule has 3 atom stereocenters. The quantitative estimate of drug-likeness (QED) is 0.257. The van der Waals surface area contributed by atoms with E-state index >= 15 is 0 Å². The Hall–Kier alpha value is -4.09. The van der Waals surface area contributed by atoms with Crippen molar-refractivity contribution in [2.45, 2.75) is 56.5 Å². The third-order valence-corrected chi connectivity index (χ3v) is 7.98. The SMILES string of the molecule is C=C(N)c1ccc2c(c1)CCc1cc(C(N)=O)ccc1C2(C[C@H](C)NCC(=C)N1CCCC1C#N)C(=N)N. The number of nitrogens with zero attached hydrogens (tertiary/aromatic N) is 2. The number of nitrogens with two attached hydrogens (primary N) is 3. The molecule has 8 nitrogen and oxygen atoms in total. The lowest BCUT2D eigenvalue weighted by Gasteiger charge is -2.38. The first-order valence-electron chi connectivity index (χ1n) is 13.0. The van der Waals surface area contributed by atoms with Crippen LogP contribution in [0.25, 0.3) is 5.70 Å². The second kappa shape index (κ2) is 10.7. The van der Waals surface area contributed by atoms with E-state index in [9.17, 15) is 10.1 Å². The summed E-state index contributed by atoms with van der Waals surface area (Å²) in [4.78, 5) is 14.0. The van der Waals surface area contributed by atoms with E-state index in [1.807, 2.05) is 30.3 Å². The van der Waals surface area contributed by atoms with Crippen LogP contribution in [0, 0.1) is 16.7 Å². The number of carbonyl (C=O) groups is 1. The number of likely N-dealkylation sites (tertiary alicyclic amines) is 1. The molecule has 0 radical (unpaired) electrons. The highest BCUT2D eigenvalue weighted by Crippen LogP contribution is 2.44. The van der Waals surface area contributed by atoms with Crippen molar-refractivity contribution in [3.63, 3.8) is 0 Å². The molecule has 1 amide bonds. The second-order valence-corrected chi connectivity index (χ2v) is 10.5. The number of carbonyl (C=O) groups excluding carboxylic acids is 1. The van der Waals surface area contributed by atoms with Gasteiger partial charge < -0.3 is 27.4 Å². The lowest BCUT2D eigenvalue weighted by atomic mass is 9.67. The van der Waals surface area contributed by atoms with E-state index in [4.69, 9.17) is 22.6 Å². The zero-order valence-electron chi connectivity index (χ0n) is 22.0. The Balaban J connectivity index is 1.74. The Kier molecular flexibility index (Phi) is 7.61. The zero-order valence-corrected chi connectivity index (χ0v) is 22.0. The molecule has 8 N–H and O–H groups in total. The molecule has 1 fully saturated rings. The van der Waals surface area contributed by atoms with Gasteiger partial charge in [-0.25, -0.2) is 0 Å². The van der Waals surface area contributed by atoms with Crippen LogP contribution in [-0.4, -0.2) is 41.8 Å². The van der Waals surface area contributed by atoms with E-state index in [0.717, 1.165) is 52.9 Å². The van der Waals surface area contributed by atoms with Crippen LogP contribution >= 0.6 is 0 Å². The van der Waals surface area contributed by atoms with Gasteiger partial charge in [-0.15, -0.1) is 0 Å². The third kappa shape index (κ3) is 4.90. The first kappa shape index (κ1) is 27.0. The molecule has 1 saturated heterocycles. The number of hydrogen-bond donors (Lipinski definition) is 5. The monoisotopic (exact) mass is 511 g/mol. The van der Waals surface area contributed by atoms with Crippen molar-refractivity contribution in [2.75, 3.05) is 13.1 Å². The predicted octanol–water partition coefficient (Wildman–Crippen LogP) is 2.91. The number of nitriles is 1. The number of rotatable bonds is 9. The summed E-state index contributed by atoms with van der Waals surface area (Å²) in [6.07, 6.45) is 3.72. The molecule has 1 aliphatic carbocycles. The van der Waals surface area contributed by atoms with Crippen molar-refractivity contribution in [1.29, 1.82) is 10.7 Å². The first-order chi connectivity index (χ1) is 18.1. The van der Waals surface area contributed by atoms with Gasteiger partial charge in [0.15, 0.2) is 0 Å². The fraction of sp³-hybridized carbons (Fsp3) is 0.367. The molecule has 1 heterocycles. The molecular formula is C30H37N7O. The summed E-state index contributed by atoms with van der Waals surface area (Å²) in [5.41, 5.74) is 23.7. The van der Waals surface area contributed by atoms with Crippen molar-refractivity contribution < 1.29 is 4.79 Å². The number of benzene rings is 2. The average molecular weight is 512 g/mol. The van der Waals surface area contributed by atoms with Crippen molar-refractivity contribution in [3.8, 4) is 6.07 Å². The van der Waals surface area contributed by atoms with E-state index in [1.54, 1.807) is 6.07 Å². The van der Waals surface area contributed by atoms with E-state index in [-0.39, 0.29) is 17.9 Å². The van der Waals surface area contributed by atoms with E-state index in [0.29, 0.717) is 37.1 Å². The van der Waals surface area contributed by atoms with Gasteiger partial charge in [-0.3, -0.25) is 10.2 Å². The van der Waals surface area contributed by atoms with Crippen molar-refractivity contribution in [2.24, 2.45) is 17.2 Å². The maximum atomic E-state index is 12.0. The third-order valence-electron chi connectivity index (χ3n) is 7.98. The topological polar surface area (TPSA) is 158 Å². The van der Waals surface area contributed by atoms with Gasteiger partial charge >= 0.3 is 0 Å². The minimum absolute atomic E-state index is 0.0320. The van der Waals surface area contributed by atoms with Crippen LogP contribution in [0.4, 0.5) is 0 Å². The summed E-state index contributed by atoms with van der Waals surface area (Å²) in [5.74, 6) is -0.458. The Morgan fingerprint density at radius 3 is 2.32 bits per heavy atom. The molecule has 2 aromatic carbocycles. The molecule has 2 aromatic rings. The minimum atomic E-state index is -0.928. The summed E-state index contributed by atoms with van der Waals surface area (Å²) < 4.78 is 0. The van der Waals surface area contributed by atoms with Crippen LogP contribution < -0.4 is 22.5 Å². The van der Waals surface area contributed by atoms with Gasteiger partial charge in [0, 0.05) is 36.1 Å². The normalized spacial score (nSPS) is 20.9. The number of nitrogens with one attached hydrogen (secondary N) is 2. The number of primary amides is 1. The molecule has 0 spiro atoms. The van der Waals surface area contributed by atoms with Gasteiger partial charge in [-0.2, -0.15) is 5.26 Å². The van der Waals surface area contributed by atoms with Gasteiger partial charge in [0.25, 0.3) is 0 Å². The molecule has 0 bridgehead atoms. The summed E-state index contributed by atoms with van der Waals surface area (Å²) in [7, 11) is 0. The van der Waals surface area contributed by atoms with Gasteiger partial charge in [-0.05, 0) is 85.0 Å². The van der Waals surface area contributed by atoms with Crippen LogP contribution in [0.5, 0.6) is 0 Å². The van der Waals surface area contributed by atoms with Gasteiger partial charge in [0.2, 0.25) is 5.91 Å². The Labute approximate surface area is 224 Å². The van der Waals surface area contributed by atoms with E-state index in [2.05, 4.69) is 36.4 Å². The minimum Gasteiger partial charge on any atom is -0.399 e. The maximum absolute atomic E-state index is 12.0. The number of hydrogen-bond acceptors (Lipinski definition) is 6. The lowest BCUT2D eigenvalue weighted by molar-refractivity contribution is 0.1000. The average Bonchev–Trinajstić information content (AvgIpc) is 3.33. The molecule has 1 aliphatic heterocycles. The maximum Gasteiger partial charge on any atom is 0.248 e. The fourth-order valence-electron chi connectivity index (χ4n) is 6.03. The van der Waals surface area contributed by atoms with Crippen LogP contribution in [-0.2, 0) is 18.3 Å².